The summed E-state index contributed by atoms with van der Waals surface area (Å²) >= 11 is 0. The van der Waals surface area contributed by atoms with Gasteiger partial charge in [0, 0.05) is 43.4 Å². The molecule has 4 aromatic carbocycles. The minimum absolute atomic E-state index is 0.286. The Labute approximate surface area is 224 Å². The Bertz CT molecular complexity index is 1320. The first-order valence-corrected chi connectivity index (χ1v) is 13.1. The molecule has 1 aliphatic heterocycles. The number of ether oxygens (including phenoxy) is 1. The van der Waals surface area contributed by atoms with Crippen molar-refractivity contribution in [1.82, 2.24) is 0 Å². The van der Waals surface area contributed by atoms with Crippen LogP contribution >= 0.6 is 0 Å². The van der Waals surface area contributed by atoms with Gasteiger partial charge in [0.25, 0.3) is 0 Å². The number of para-hydroxylation sites is 1. The fraction of sp³-hybridized carbons (Fsp3) is 0.219. The second-order valence-corrected chi connectivity index (χ2v) is 9.76. The second-order valence-electron chi connectivity index (χ2n) is 9.76. The molecule has 0 aromatic heterocycles. The van der Waals surface area contributed by atoms with Gasteiger partial charge in [-0.15, -0.1) is 0 Å². The van der Waals surface area contributed by atoms with E-state index in [1.807, 2.05) is 66.7 Å². The van der Waals surface area contributed by atoms with Gasteiger partial charge in [0.05, 0.1) is 6.04 Å². The average molecular weight is 507 g/mol. The van der Waals surface area contributed by atoms with Gasteiger partial charge in [-0.3, -0.25) is 0 Å². The number of hydrogen-bond donors (Lipinski definition) is 2. The van der Waals surface area contributed by atoms with Crippen LogP contribution in [0.2, 0.25) is 0 Å². The van der Waals surface area contributed by atoms with Crippen LogP contribution in [0.15, 0.2) is 103 Å². The van der Waals surface area contributed by atoms with Crippen LogP contribution in [0.5, 0.6) is 11.5 Å². The number of piperidine rings is 1. The summed E-state index contributed by atoms with van der Waals surface area (Å²) < 4.78 is 5.81. The Kier molecular flexibility index (Phi) is 7.78. The number of carbonyl (C=O) groups is 1. The first-order valence-electron chi connectivity index (χ1n) is 13.1. The van der Waals surface area contributed by atoms with E-state index in [0.29, 0.717) is 17.5 Å². The van der Waals surface area contributed by atoms with Crippen molar-refractivity contribution in [3.8, 4) is 11.5 Å². The predicted octanol–water partition coefficient (Wildman–Crippen LogP) is 7.92. The summed E-state index contributed by atoms with van der Waals surface area (Å²) in [6.45, 7) is 1.03. The third-order valence-corrected chi connectivity index (χ3v) is 6.84. The lowest BCUT2D eigenvalue weighted by atomic mass is 9.94. The first-order chi connectivity index (χ1) is 18.5. The maximum absolute atomic E-state index is 12.6. The number of amides is 2. The van der Waals surface area contributed by atoms with Gasteiger partial charge in [0.15, 0.2) is 0 Å². The van der Waals surface area contributed by atoms with Crippen LogP contribution in [-0.4, -0.2) is 26.7 Å². The van der Waals surface area contributed by atoms with E-state index < -0.39 is 0 Å². The molecule has 6 heteroatoms. The van der Waals surface area contributed by atoms with Crippen molar-refractivity contribution < 1.29 is 9.53 Å². The van der Waals surface area contributed by atoms with E-state index >= 15 is 0 Å². The Hall–Kier alpha value is -4.45. The van der Waals surface area contributed by atoms with E-state index in [4.69, 9.17) is 4.74 Å². The third kappa shape index (κ3) is 6.27. The van der Waals surface area contributed by atoms with E-state index in [1.165, 1.54) is 29.8 Å². The average Bonchev–Trinajstić information content (AvgIpc) is 2.95. The molecule has 0 aliphatic carbocycles. The van der Waals surface area contributed by atoms with E-state index in [1.54, 1.807) is 0 Å². The van der Waals surface area contributed by atoms with E-state index in [-0.39, 0.29) is 6.03 Å². The summed E-state index contributed by atoms with van der Waals surface area (Å²) in [4.78, 5) is 17.2. The minimum Gasteiger partial charge on any atom is -0.457 e. The number of nitrogens with one attached hydrogen (secondary N) is 2. The Morgan fingerprint density at radius 3 is 2.00 bits per heavy atom. The predicted molar refractivity (Wildman–Crippen MR) is 157 cm³/mol. The second kappa shape index (κ2) is 11.7. The number of benzene rings is 4. The summed E-state index contributed by atoms with van der Waals surface area (Å²) in [6, 6.07) is 34.0. The molecule has 1 heterocycles. The lowest BCUT2D eigenvalue weighted by Crippen LogP contribution is -2.33. The molecule has 0 saturated carbocycles. The zero-order chi connectivity index (χ0) is 26.3. The lowest BCUT2D eigenvalue weighted by Gasteiger charge is -2.38. The molecule has 6 nitrogen and oxygen atoms in total. The number of rotatable bonds is 7. The molecule has 1 fully saturated rings. The molecule has 1 unspecified atom stereocenters. The van der Waals surface area contributed by atoms with Crippen molar-refractivity contribution in [3.05, 3.63) is 109 Å². The number of nitrogens with zero attached hydrogens (tertiary/aromatic N) is 2. The molecule has 194 valence electrons. The molecule has 38 heavy (non-hydrogen) atoms. The molecule has 0 bridgehead atoms. The molecule has 1 saturated heterocycles. The molecular formula is C32H34N4O2. The van der Waals surface area contributed by atoms with Crippen molar-refractivity contribution in [2.24, 2.45) is 0 Å². The first kappa shape index (κ1) is 25.2. The molecule has 0 spiro atoms. The van der Waals surface area contributed by atoms with Gasteiger partial charge < -0.3 is 25.2 Å². The molecular weight excluding hydrogens is 472 g/mol. The minimum atomic E-state index is -0.286. The summed E-state index contributed by atoms with van der Waals surface area (Å²) in [5, 5.41) is 5.81. The standard InChI is InChI=1S/C32H34N4O2/c1-35(2)27-17-11-24(12-18-27)31-10-6-7-23-36(31)28-19-13-25(14-20-28)33-32(37)34-26-15-21-30(22-16-26)38-29-8-4-3-5-9-29/h3-5,8-9,11-22,31H,6-7,10,23H2,1-2H3,(H2,33,34,37). The van der Waals surface area contributed by atoms with Crippen molar-refractivity contribution in [2.45, 2.75) is 25.3 Å². The van der Waals surface area contributed by atoms with Gasteiger partial charge in [0.1, 0.15) is 11.5 Å². The monoisotopic (exact) mass is 506 g/mol. The molecule has 2 amide bonds. The van der Waals surface area contributed by atoms with Crippen molar-refractivity contribution in [2.75, 3.05) is 41.1 Å². The van der Waals surface area contributed by atoms with Gasteiger partial charge in [-0.1, -0.05) is 30.3 Å². The maximum Gasteiger partial charge on any atom is 0.323 e. The molecule has 4 aromatic rings. The van der Waals surface area contributed by atoms with Crippen molar-refractivity contribution in [1.29, 1.82) is 0 Å². The number of hydrogen-bond acceptors (Lipinski definition) is 4. The van der Waals surface area contributed by atoms with Gasteiger partial charge in [0.2, 0.25) is 0 Å². The highest BCUT2D eigenvalue weighted by Gasteiger charge is 2.24. The third-order valence-electron chi connectivity index (χ3n) is 6.84. The Morgan fingerprint density at radius 2 is 1.37 bits per heavy atom. The van der Waals surface area contributed by atoms with Crippen LogP contribution in [0, 0.1) is 0 Å². The van der Waals surface area contributed by atoms with Gasteiger partial charge in [-0.25, -0.2) is 4.79 Å². The fourth-order valence-electron chi connectivity index (χ4n) is 4.84. The Morgan fingerprint density at radius 1 is 0.763 bits per heavy atom. The van der Waals surface area contributed by atoms with Crippen molar-refractivity contribution in [3.63, 3.8) is 0 Å². The highest BCUT2D eigenvalue weighted by atomic mass is 16.5. The van der Waals surface area contributed by atoms with Crippen LogP contribution < -0.4 is 25.2 Å². The van der Waals surface area contributed by atoms with Gasteiger partial charge in [-0.2, -0.15) is 0 Å². The van der Waals surface area contributed by atoms with Gasteiger partial charge in [-0.05, 0) is 97.6 Å². The van der Waals surface area contributed by atoms with Crippen molar-refractivity contribution >= 4 is 28.8 Å². The summed E-state index contributed by atoms with van der Waals surface area (Å²) in [6.07, 6.45) is 3.55. The van der Waals surface area contributed by atoms with E-state index in [9.17, 15) is 4.79 Å². The van der Waals surface area contributed by atoms with Crippen LogP contribution in [0.3, 0.4) is 0 Å². The van der Waals surface area contributed by atoms with E-state index in [2.05, 4.69) is 70.9 Å². The Balaban J connectivity index is 1.19. The largest absolute Gasteiger partial charge is 0.457 e. The van der Waals surface area contributed by atoms with Crippen LogP contribution in [0.4, 0.5) is 27.5 Å². The SMILES string of the molecule is CN(C)c1ccc(C2CCCCN2c2ccc(NC(=O)Nc3ccc(Oc4ccccc4)cc3)cc2)cc1. The maximum atomic E-state index is 12.6. The summed E-state index contributed by atoms with van der Waals surface area (Å²) in [7, 11) is 4.13. The molecule has 0 radical (unpaired) electrons. The number of carbonyl (C=O) groups excluding carboxylic acids is 1. The normalized spacial score (nSPS) is 15.0. The van der Waals surface area contributed by atoms with E-state index in [0.717, 1.165) is 24.4 Å². The molecule has 1 aliphatic rings. The summed E-state index contributed by atoms with van der Waals surface area (Å²) in [5.41, 5.74) is 5.17. The highest BCUT2D eigenvalue weighted by molar-refractivity contribution is 5.99. The van der Waals surface area contributed by atoms with Crippen LogP contribution in [0.25, 0.3) is 0 Å². The lowest BCUT2D eigenvalue weighted by molar-refractivity contribution is 0.262. The fourth-order valence-corrected chi connectivity index (χ4v) is 4.84. The summed E-state index contributed by atoms with van der Waals surface area (Å²) in [5.74, 6) is 1.48. The number of urea groups is 1. The quantitative estimate of drug-likeness (QED) is 0.267. The highest BCUT2D eigenvalue weighted by Crippen LogP contribution is 2.36. The van der Waals surface area contributed by atoms with Crippen LogP contribution in [-0.2, 0) is 0 Å². The molecule has 2 N–H and O–H groups in total. The topological polar surface area (TPSA) is 56.8 Å². The van der Waals surface area contributed by atoms with Crippen LogP contribution in [0.1, 0.15) is 30.9 Å². The molecule has 5 rings (SSSR count). The van der Waals surface area contributed by atoms with Gasteiger partial charge >= 0.3 is 6.03 Å². The zero-order valence-electron chi connectivity index (χ0n) is 21.9. The molecule has 1 atom stereocenters. The zero-order valence-corrected chi connectivity index (χ0v) is 21.9. The number of anilines is 4. The smallest absolute Gasteiger partial charge is 0.323 e.